The van der Waals surface area contributed by atoms with Gasteiger partial charge in [-0.3, -0.25) is 9.59 Å². The molecule has 0 radical (unpaired) electrons. The van der Waals surface area contributed by atoms with Crippen molar-refractivity contribution in [2.45, 2.75) is 39.4 Å². The summed E-state index contributed by atoms with van der Waals surface area (Å²) >= 11 is 0. The third-order valence-electron chi connectivity index (χ3n) is 5.32. The van der Waals surface area contributed by atoms with Crippen LogP contribution < -0.4 is 0 Å². The van der Waals surface area contributed by atoms with Crippen molar-refractivity contribution in [3.8, 4) is 0 Å². The third-order valence-corrected chi connectivity index (χ3v) is 5.32. The summed E-state index contributed by atoms with van der Waals surface area (Å²) in [4.78, 5) is 24.6. The number of ether oxygens (including phenoxy) is 2. The van der Waals surface area contributed by atoms with E-state index in [2.05, 4.69) is 0 Å². The van der Waals surface area contributed by atoms with Gasteiger partial charge in [-0.2, -0.15) is 0 Å². The predicted molar refractivity (Wildman–Crippen MR) is 60.3 cm³/mol. The molecule has 5 heteroatoms. The Morgan fingerprint density at radius 2 is 2.17 bits per heavy atom. The van der Waals surface area contributed by atoms with Crippen LogP contribution in [0.1, 0.15) is 27.2 Å². The first-order valence-corrected chi connectivity index (χ1v) is 6.45. The zero-order chi connectivity index (χ0) is 13.3. The van der Waals surface area contributed by atoms with Crippen molar-refractivity contribution < 1.29 is 24.2 Å². The molecule has 100 valence electrons. The number of aliphatic hydroxyl groups excluding tert-OH is 1. The number of rotatable bonds is 2. The van der Waals surface area contributed by atoms with Gasteiger partial charge >= 0.3 is 11.9 Å². The second-order valence-corrected chi connectivity index (χ2v) is 6.06. The molecular weight excluding hydrogens is 236 g/mol. The van der Waals surface area contributed by atoms with Crippen LogP contribution in [-0.2, 0) is 19.1 Å². The van der Waals surface area contributed by atoms with Crippen molar-refractivity contribution in [1.29, 1.82) is 0 Å². The molecule has 2 saturated carbocycles. The standard InChI is InChI=1S/C13H18O5/c1-4-17-10(15)13-7-5-6(12(13,2)3)8(14)9(7)18-11(13)16/h6-9,14H,4-5H2,1-3H3. The summed E-state index contributed by atoms with van der Waals surface area (Å²) in [7, 11) is 0. The maximum Gasteiger partial charge on any atom is 0.324 e. The minimum absolute atomic E-state index is 0.0802. The van der Waals surface area contributed by atoms with Gasteiger partial charge in [0.05, 0.1) is 12.7 Å². The topological polar surface area (TPSA) is 72.8 Å². The van der Waals surface area contributed by atoms with Crippen LogP contribution in [0.3, 0.4) is 0 Å². The van der Waals surface area contributed by atoms with Crippen molar-refractivity contribution in [2.75, 3.05) is 6.61 Å². The Morgan fingerprint density at radius 3 is 2.72 bits per heavy atom. The summed E-state index contributed by atoms with van der Waals surface area (Å²) in [5, 5.41) is 10.2. The van der Waals surface area contributed by atoms with Crippen LogP contribution in [0.4, 0.5) is 0 Å². The minimum Gasteiger partial charge on any atom is -0.465 e. The largest absolute Gasteiger partial charge is 0.465 e. The van der Waals surface area contributed by atoms with Gasteiger partial charge in [0.15, 0.2) is 5.41 Å². The van der Waals surface area contributed by atoms with Gasteiger partial charge in [-0.1, -0.05) is 13.8 Å². The highest BCUT2D eigenvalue weighted by atomic mass is 16.6. The van der Waals surface area contributed by atoms with E-state index in [0.717, 1.165) is 0 Å². The number of fused-ring (bicyclic) bond motifs is 1. The molecule has 0 aromatic carbocycles. The number of hydrogen-bond acceptors (Lipinski definition) is 5. The highest BCUT2D eigenvalue weighted by Gasteiger charge is 2.82. The molecule has 1 N–H and O–H groups in total. The molecule has 3 aliphatic rings. The molecule has 3 rings (SSSR count). The number of carbonyl (C=O) groups excluding carboxylic acids is 2. The molecule has 2 aliphatic carbocycles. The lowest BCUT2D eigenvalue weighted by Gasteiger charge is -2.42. The molecule has 0 aromatic heterocycles. The monoisotopic (exact) mass is 254 g/mol. The van der Waals surface area contributed by atoms with Gasteiger partial charge in [0.25, 0.3) is 0 Å². The fourth-order valence-corrected chi connectivity index (χ4v) is 4.45. The molecule has 3 fully saturated rings. The second kappa shape index (κ2) is 3.26. The lowest BCUT2D eigenvalue weighted by atomic mass is 9.57. The normalized spacial score (nSPS) is 47.2. The van der Waals surface area contributed by atoms with Crippen LogP contribution in [-0.4, -0.2) is 35.9 Å². The molecule has 5 unspecified atom stereocenters. The summed E-state index contributed by atoms with van der Waals surface area (Å²) in [6.07, 6.45) is -0.525. The lowest BCUT2D eigenvalue weighted by molar-refractivity contribution is -0.174. The summed E-state index contributed by atoms with van der Waals surface area (Å²) in [6.45, 7) is 5.69. The Hall–Kier alpha value is -1.10. The zero-order valence-corrected chi connectivity index (χ0v) is 10.8. The van der Waals surface area contributed by atoms with Crippen molar-refractivity contribution in [3.63, 3.8) is 0 Å². The summed E-state index contributed by atoms with van der Waals surface area (Å²) < 4.78 is 10.4. The summed E-state index contributed by atoms with van der Waals surface area (Å²) in [5.41, 5.74) is -1.83. The molecule has 5 nitrogen and oxygen atoms in total. The van der Waals surface area contributed by atoms with Crippen LogP contribution in [0.5, 0.6) is 0 Å². The van der Waals surface area contributed by atoms with Crippen LogP contribution in [0.25, 0.3) is 0 Å². The Kier molecular flexibility index (Phi) is 2.17. The van der Waals surface area contributed by atoms with Gasteiger partial charge in [-0.25, -0.2) is 0 Å². The van der Waals surface area contributed by atoms with Crippen LogP contribution in [0, 0.1) is 22.7 Å². The molecule has 1 saturated heterocycles. The number of aliphatic hydroxyl groups is 1. The average molecular weight is 254 g/mol. The Morgan fingerprint density at radius 1 is 1.50 bits per heavy atom. The van der Waals surface area contributed by atoms with E-state index in [-0.39, 0.29) is 18.4 Å². The first-order chi connectivity index (χ1) is 8.39. The van der Waals surface area contributed by atoms with Crippen LogP contribution in [0.2, 0.25) is 0 Å². The van der Waals surface area contributed by atoms with Crippen molar-refractivity contribution in [1.82, 2.24) is 0 Å². The fourth-order valence-electron chi connectivity index (χ4n) is 4.45. The lowest BCUT2D eigenvalue weighted by Crippen LogP contribution is -2.55. The van der Waals surface area contributed by atoms with Gasteiger partial charge in [0.2, 0.25) is 0 Å². The van der Waals surface area contributed by atoms with E-state index in [4.69, 9.17) is 9.47 Å². The van der Waals surface area contributed by atoms with Crippen LogP contribution >= 0.6 is 0 Å². The number of hydrogen-bond donors (Lipinski definition) is 1. The molecule has 1 aliphatic heterocycles. The highest BCUT2D eigenvalue weighted by Crippen LogP contribution is 2.70. The van der Waals surface area contributed by atoms with E-state index < -0.39 is 35.0 Å². The first kappa shape index (κ1) is 12.0. The van der Waals surface area contributed by atoms with E-state index in [9.17, 15) is 14.7 Å². The molecular formula is C13H18O5. The maximum atomic E-state index is 12.3. The van der Waals surface area contributed by atoms with E-state index in [0.29, 0.717) is 6.42 Å². The molecule has 0 aromatic rings. The molecule has 1 heterocycles. The predicted octanol–water partition coefficient (Wildman–Crippen LogP) is 0.498. The Bertz CT molecular complexity index is 429. The number of carbonyl (C=O) groups is 2. The molecule has 0 spiro atoms. The molecule has 5 atom stereocenters. The van der Waals surface area contributed by atoms with Crippen molar-refractivity contribution in [2.24, 2.45) is 22.7 Å². The van der Waals surface area contributed by atoms with Gasteiger partial charge in [-0.05, 0) is 24.7 Å². The van der Waals surface area contributed by atoms with E-state index in [1.54, 1.807) is 6.92 Å². The fraction of sp³-hybridized carbons (Fsp3) is 0.846. The van der Waals surface area contributed by atoms with Gasteiger partial charge in [0.1, 0.15) is 6.10 Å². The van der Waals surface area contributed by atoms with Gasteiger partial charge < -0.3 is 14.6 Å². The zero-order valence-electron chi connectivity index (χ0n) is 10.8. The average Bonchev–Trinajstić information content (AvgIpc) is 2.81. The maximum absolute atomic E-state index is 12.3. The number of esters is 2. The van der Waals surface area contributed by atoms with E-state index in [1.165, 1.54) is 0 Å². The van der Waals surface area contributed by atoms with Crippen molar-refractivity contribution >= 4 is 11.9 Å². The van der Waals surface area contributed by atoms with Gasteiger partial charge in [0, 0.05) is 5.92 Å². The Balaban J connectivity index is 2.13. The van der Waals surface area contributed by atoms with E-state index in [1.807, 2.05) is 13.8 Å². The molecule has 2 bridgehead atoms. The SMILES string of the molecule is CCOC(=O)C12C(=O)OC3C(O)C(CC31)C2(C)C. The minimum atomic E-state index is -1.21. The van der Waals surface area contributed by atoms with E-state index >= 15 is 0 Å². The van der Waals surface area contributed by atoms with Crippen LogP contribution in [0.15, 0.2) is 0 Å². The van der Waals surface area contributed by atoms with Gasteiger partial charge in [-0.15, -0.1) is 0 Å². The first-order valence-electron chi connectivity index (χ1n) is 6.45. The smallest absolute Gasteiger partial charge is 0.324 e. The molecule has 18 heavy (non-hydrogen) atoms. The van der Waals surface area contributed by atoms with Crippen molar-refractivity contribution in [3.05, 3.63) is 0 Å². The summed E-state index contributed by atoms with van der Waals surface area (Å²) in [5.74, 6) is -1.32. The molecule has 0 amide bonds. The second-order valence-electron chi connectivity index (χ2n) is 6.06. The Labute approximate surface area is 105 Å². The summed E-state index contributed by atoms with van der Waals surface area (Å²) in [6, 6.07) is 0. The quantitative estimate of drug-likeness (QED) is 0.574. The third kappa shape index (κ3) is 0.955. The highest BCUT2D eigenvalue weighted by molar-refractivity contribution is 6.04.